The summed E-state index contributed by atoms with van der Waals surface area (Å²) in [6.07, 6.45) is 0. The molecule has 0 amide bonds. The normalized spacial score (nSPS) is 12.0. The van der Waals surface area contributed by atoms with Gasteiger partial charge in [0.2, 0.25) is 0 Å². The van der Waals surface area contributed by atoms with Crippen molar-refractivity contribution in [3.05, 3.63) is 84.9 Å². The van der Waals surface area contributed by atoms with Gasteiger partial charge in [0.25, 0.3) is 0 Å². The van der Waals surface area contributed by atoms with Crippen LogP contribution in [0.3, 0.4) is 0 Å². The molecular weight excluding hydrogens is 524 g/mol. The molecule has 42 heavy (non-hydrogen) atoms. The minimum absolute atomic E-state index is 0.420. The monoisotopic (exact) mass is 544 g/mol. The number of anilines is 2. The number of fused-ring (bicyclic) bond motifs is 20. The minimum atomic E-state index is 0.420. The molecule has 3 aromatic heterocycles. The molecule has 8 bridgehead atoms. The number of nitrogens with two attached hydrogens (primary N) is 2. The summed E-state index contributed by atoms with van der Waals surface area (Å²) in [4.78, 5) is 36.6. The fraction of sp³-hybridized carbons (Fsp3) is 0. The number of hydrogen-bond donors (Lipinski definition) is 4. The van der Waals surface area contributed by atoms with E-state index < -0.39 is 0 Å². The highest BCUT2D eigenvalue weighted by molar-refractivity contribution is 6.13. The summed E-state index contributed by atoms with van der Waals surface area (Å²) in [6, 6.07) is 27.5. The van der Waals surface area contributed by atoms with Crippen LogP contribution in [0.5, 0.6) is 0 Å². The fourth-order valence-corrected chi connectivity index (χ4v) is 5.77. The Labute approximate surface area is 237 Å². The predicted octanol–water partition coefficient (Wildman–Crippen LogP) is 6.03. The van der Waals surface area contributed by atoms with Crippen LogP contribution < -0.4 is 11.5 Å². The van der Waals surface area contributed by atoms with Crippen molar-refractivity contribution in [2.75, 3.05) is 11.5 Å². The van der Waals surface area contributed by atoms with E-state index in [2.05, 4.69) is 9.97 Å². The van der Waals surface area contributed by atoms with Gasteiger partial charge in [0.1, 0.15) is 22.6 Å². The summed E-state index contributed by atoms with van der Waals surface area (Å²) >= 11 is 0. The predicted molar refractivity (Wildman–Crippen MR) is 165 cm³/mol. The fourth-order valence-electron chi connectivity index (χ4n) is 5.77. The molecule has 2 aliphatic heterocycles. The van der Waals surface area contributed by atoms with Gasteiger partial charge >= 0.3 is 0 Å². The van der Waals surface area contributed by atoms with Gasteiger partial charge in [0, 0.05) is 38.4 Å². The van der Waals surface area contributed by atoms with Crippen LogP contribution in [0.25, 0.3) is 89.7 Å². The van der Waals surface area contributed by atoms with E-state index in [0.717, 1.165) is 38.4 Å². The summed E-state index contributed by atoms with van der Waals surface area (Å²) in [5, 5.41) is 3.30. The molecular formula is C32H20N10. The summed E-state index contributed by atoms with van der Waals surface area (Å²) in [7, 11) is 0. The molecule has 198 valence electrons. The van der Waals surface area contributed by atoms with Crippen molar-refractivity contribution in [1.82, 2.24) is 39.9 Å². The zero-order chi connectivity index (χ0) is 27.9. The lowest BCUT2D eigenvalue weighted by Crippen LogP contribution is -1.94. The maximum atomic E-state index is 6.53. The highest BCUT2D eigenvalue weighted by atomic mass is 15.1. The minimum Gasteiger partial charge on any atom is -0.397 e. The molecule has 0 unspecified atom stereocenters. The van der Waals surface area contributed by atoms with Crippen LogP contribution in [0.1, 0.15) is 0 Å². The van der Waals surface area contributed by atoms with Crippen LogP contribution >= 0.6 is 0 Å². The molecule has 7 aromatic rings. The molecule has 0 atom stereocenters. The third-order valence-corrected chi connectivity index (χ3v) is 7.79. The Hall–Kier alpha value is -6.16. The van der Waals surface area contributed by atoms with Crippen molar-refractivity contribution in [3.8, 4) is 45.6 Å². The van der Waals surface area contributed by atoms with Crippen LogP contribution in [0.15, 0.2) is 84.9 Å². The zero-order valence-corrected chi connectivity index (χ0v) is 21.9. The van der Waals surface area contributed by atoms with Gasteiger partial charge in [-0.05, 0) is 12.1 Å². The third-order valence-electron chi connectivity index (χ3n) is 7.79. The summed E-state index contributed by atoms with van der Waals surface area (Å²) in [6.45, 7) is 0. The van der Waals surface area contributed by atoms with Gasteiger partial charge in [0.15, 0.2) is 23.3 Å². The average molecular weight is 545 g/mol. The van der Waals surface area contributed by atoms with Gasteiger partial charge in [0.05, 0.1) is 16.8 Å². The first-order valence-electron chi connectivity index (χ1n) is 13.4. The Morgan fingerprint density at radius 3 is 1.31 bits per heavy atom. The maximum Gasteiger partial charge on any atom is 0.164 e. The maximum absolute atomic E-state index is 6.53. The second kappa shape index (κ2) is 8.18. The van der Waals surface area contributed by atoms with Gasteiger partial charge < -0.3 is 21.4 Å². The first-order valence-corrected chi connectivity index (χ1v) is 13.4. The molecule has 6 N–H and O–H groups in total. The van der Waals surface area contributed by atoms with Crippen molar-refractivity contribution in [2.24, 2.45) is 0 Å². The first kappa shape index (κ1) is 22.6. The van der Waals surface area contributed by atoms with Crippen LogP contribution in [-0.2, 0) is 0 Å². The van der Waals surface area contributed by atoms with E-state index in [9.17, 15) is 0 Å². The SMILES string of the molecule is Nc1ccc2c3nc4nc(nc5[nH]c(nc6nc(nc([nH]3)c2c1N)-c1ccccc1-6)c1ccccc51)-c1ccccc1-4. The number of aromatic amines is 2. The number of H-pyrrole nitrogens is 2. The molecule has 10 nitrogen and oxygen atoms in total. The molecule has 9 rings (SSSR count). The lowest BCUT2D eigenvalue weighted by Gasteiger charge is -2.01. The Balaban J connectivity index is 1.52. The van der Waals surface area contributed by atoms with Crippen molar-refractivity contribution in [2.45, 2.75) is 0 Å². The molecule has 0 aliphatic carbocycles. The number of hydrogen-bond acceptors (Lipinski definition) is 8. The van der Waals surface area contributed by atoms with Gasteiger partial charge in [-0.25, -0.2) is 29.9 Å². The summed E-state index contributed by atoms with van der Waals surface area (Å²) < 4.78 is 0. The summed E-state index contributed by atoms with van der Waals surface area (Å²) in [5.41, 5.74) is 19.5. The highest BCUT2D eigenvalue weighted by Gasteiger charge is 2.22. The molecule has 0 saturated heterocycles. The van der Waals surface area contributed by atoms with Crippen molar-refractivity contribution in [3.63, 3.8) is 0 Å². The van der Waals surface area contributed by atoms with E-state index >= 15 is 0 Å². The molecule has 0 fully saturated rings. The molecule has 0 radical (unpaired) electrons. The Bertz CT molecular complexity index is 2450. The molecule has 5 heterocycles. The third kappa shape index (κ3) is 3.14. The van der Waals surface area contributed by atoms with Gasteiger partial charge in [-0.1, -0.05) is 72.8 Å². The van der Waals surface area contributed by atoms with Crippen LogP contribution in [-0.4, -0.2) is 39.9 Å². The van der Waals surface area contributed by atoms with Crippen LogP contribution in [0, 0.1) is 0 Å². The first-order chi connectivity index (χ1) is 20.6. The second-order valence-electron chi connectivity index (χ2n) is 10.2. The Morgan fingerprint density at radius 2 is 0.810 bits per heavy atom. The number of aromatic nitrogens is 8. The topological polar surface area (TPSA) is 161 Å². The Kier molecular flexibility index (Phi) is 4.41. The van der Waals surface area contributed by atoms with E-state index in [-0.39, 0.29) is 0 Å². The van der Waals surface area contributed by atoms with E-state index in [4.69, 9.17) is 41.4 Å². The van der Waals surface area contributed by atoms with Gasteiger partial charge in [-0.15, -0.1) is 0 Å². The molecule has 4 aromatic carbocycles. The van der Waals surface area contributed by atoms with E-state index in [0.29, 0.717) is 62.6 Å². The molecule has 2 aliphatic rings. The average Bonchev–Trinajstić information content (AvgIpc) is 3.74. The number of rotatable bonds is 0. The second-order valence-corrected chi connectivity index (χ2v) is 10.2. The van der Waals surface area contributed by atoms with Gasteiger partial charge in [-0.2, -0.15) is 0 Å². The zero-order valence-electron chi connectivity index (χ0n) is 21.9. The summed E-state index contributed by atoms with van der Waals surface area (Å²) in [5.74, 6) is 2.13. The molecule has 0 spiro atoms. The lowest BCUT2D eigenvalue weighted by atomic mass is 10.1. The smallest absolute Gasteiger partial charge is 0.164 e. The number of nitrogens with zero attached hydrogens (tertiary/aromatic N) is 6. The van der Waals surface area contributed by atoms with Crippen molar-refractivity contribution in [1.29, 1.82) is 0 Å². The standard InChI is InChI=1S/C32H20N10/c33-22-14-13-21-23(24(22)34)32-41-30-20-12-6-5-11-19(20)28(39-30)37-26-16-8-2-1-7-15(16)25(35-26)36-27-17-9-3-4-10-18(17)29(38-27)40-31(21)42-32/h1-14H,33-34H2,(H2,35,36,37,38,39,40,41,42). The van der Waals surface area contributed by atoms with Crippen LogP contribution in [0.2, 0.25) is 0 Å². The number of nitrogen functional groups attached to an aromatic ring is 2. The number of benzene rings is 4. The molecule has 0 saturated carbocycles. The lowest BCUT2D eigenvalue weighted by molar-refractivity contribution is 1.19. The quantitative estimate of drug-likeness (QED) is 0.168. The van der Waals surface area contributed by atoms with E-state index in [1.54, 1.807) is 6.07 Å². The van der Waals surface area contributed by atoms with Crippen molar-refractivity contribution >= 4 is 55.5 Å². The highest BCUT2D eigenvalue weighted by Crippen LogP contribution is 2.38. The number of nitrogens with one attached hydrogen (secondary N) is 2. The van der Waals surface area contributed by atoms with E-state index in [1.807, 2.05) is 78.9 Å². The van der Waals surface area contributed by atoms with E-state index in [1.165, 1.54) is 0 Å². The largest absolute Gasteiger partial charge is 0.397 e. The Morgan fingerprint density at radius 1 is 0.405 bits per heavy atom. The van der Waals surface area contributed by atoms with Gasteiger partial charge in [-0.3, -0.25) is 0 Å². The molecule has 10 heteroatoms. The van der Waals surface area contributed by atoms with Crippen molar-refractivity contribution < 1.29 is 0 Å². The van der Waals surface area contributed by atoms with Crippen LogP contribution in [0.4, 0.5) is 11.4 Å².